The summed E-state index contributed by atoms with van der Waals surface area (Å²) >= 11 is 0. The van der Waals surface area contributed by atoms with Crippen LogP contribution in [0.3, 0.4) is 0 Å². The second-order valence-corrected chi connectivity index (χ2v) is 8.15. The number of rotatable bonds is 8. The van der Waals surface area contributed by atoms with E-state index in [0.29, 0.717) is 6.42 Å². The monoisotopic (exact) mass is 401 g/mol. The minimum absolute atomic E-state index is 0.0251. The van der Waals surface area contributed by atoms with Crippen molar-refractivity contribution >= 4 is 0 Å². The molecule has 1 N–H and O–H groups in total. The molecular formula is C27H31NO2. The standard InChI is InChI=1S/C27H31NO2/c29-27(25-14-8-3-9-15-25,17-16-23-10-4-1-5-11-23)26(24-12-6-2-7-13-24)22-28-18-20-30-21-19-28/h1-15,26,29H,16-22H2/t26-,27-/m0/s1. The van der Waals surface area contributed by atoms with Crippen LogP contribution in [-0.2, 0) is 16.8 Å². The Morgan fingerprint density at radius 2 is 1.37 bits per heavy atom. The molecular weight excluding hydrogens is 370 g/mol. The molecule has 4 rings (SSSR count). The number of nitrogens with zero attached hydrogens (tertiary/aromatic N) is 1. The van der Waals surface area contributed by atoms with Gasteiger partial charge in [0, 0.05) is 25.6 Å². The molecule has 0 unspecified atom stereocenters. The Labute approximate surface area is 179 Å². The smallest absolute Gasteiger partial charge is 0.0980 e. The number of morpholine rings is 1. The second kappa shape index (κ2) is 10.0. The lowest BCUT2D eigenvalue weighted by atomic mass is 9.73. The van der Waals surface area contributed by atoms with Crippen LogP contribution in [-0.4, -0.2) is 42.9 Å². The van der Waals surface area contributed by atoms with Gasteiger partial charge in [-0.05, 0) is 29.5 Å². The molecule has 0 aromatic heterocycles. The van der Waals surface area contributed by atoms with Crippen molar-refractivity contribution in [3.8, 4) is 0 Å². The number of hydrogen-bond acceptors (Lipinski definition) is 3. The van der Waals surface area contributed by atoms with Gasteiger partial charge in [-0.2, -0.15) is 0 Å². The summed E-state index contributed by atoms with van der Waals surface area (Å²) in [5, 5.41) is 12.3. The van der Waals surface area contributed by atoms with Crippen molar-refractivity contribution < 1.29 is 9.84 Å². The summed E-state index contributed by atoms with van der Waals surface area (Å²) in [4.78, 5) is 2.43. The summed E-state index contributed by atoms with van der Waals surface area (Å²) in [7, 11) is 0. The molecule has 156 valence electrons. The maximum atomic E-state index is 12.3. The summed E-state index contributed by atoms with van der Waals surface area (Å²) in [6, 6.07) is 31.2. The topological polar surface area (TPSA) is 32.7 Å². The van der Waals surface area contributed by atoms with Crippen LogP contribution < -0.4 is 0 Å². The molecule has 1 heterocycles. The highest BCUT2D eigenvalue weighted by molar-refractivity contribution is 5.32. The van der Waals surface area contributed by atoms with E-state index in [9.17, 15) is 5.11 Å². The van der Waals surface area contributed by atoms with E-state index >= 15 is 0 Å². The van der Waals surface area contributed by atoms with E-state index in [4.69, 9.17) is 4.74 Å². The lowest BCUT2D eigenvalue weighted by Gasteiger charge is -2.41. The van der Waals surface area contributed by atoms with Crippen LogP contribution in [0.1, 0.15) is 29.0 Å². The molecule has 3 aromatic carbocycles. The number of aliphatic hydroxyl groups is 1. The van der Waals surface area contributed by atoms with E-state index in [2.05, 4.69) is 65.6 Å². The first-order chi connectivity index (χ1) is 14.8. The minimum Gasteiger partial charge on any atom is -0.384 e. The average Bonchev–Trinajstić information content (AvgIpc) is 2.83. The fourth-order valence-corrected chi connectivity index (χ4v) is 4.49. The molecule has 0 radical (unpaired) electrons. The Morgan fingerprint density at radius 3 is 2.00 bits per heavy atom. The first kappa shape index (κ1) is 20.8. The molecule has 0 aliphatic carbocycles. The zero-order valence-electron chi connectivity index (χ0n) is 17.5. The van der Waals surface area contributed by atoms with Crippen molar-refractivity contribution in [3.05, 3.63) is 108 Å². The summed E-state index contributed by atoms with van der Waals surface area (Å²) in [6.45, 7) is 4.15. The van der Waals surface area contributed by atoms with Gasteiger partial charge < -0.3 is 9.84 Å². The van der Waals surface area contributed by atoms with E-state index in [0.717, 1.165) is 44.8 Å². The van der Waals surface area contributed by atoms with Crippen molar-refractivity contribution in [2.75, 3.05) is 32.8 Å². The van der Waals surface area contributed by atoms with E-state index in [1.54, 1.807) is 0 Å². The molecule has 0 amide bonds. The Kier molecular flexibility index (Phi) is 6.96. The van der Waals surface area contributed by atoms with Gasteiger partial charge in [0.1, 0.15) is 0 Å². The van der Waals surface area contributed by atoms with Crippen LogP contribution >= 0.6 is 0 Å². The Hall–Kier alpha value is -2.46. The molecule has 1 aliphatic rings. The van der Waals surface area contributed by atoms with Crippen molar-refractivity contribution in [1.82, 2.24) is 4.90 Å². The quantitative estimate of drug-likeness (QED) is 0.598. The van der Waals surface area contributed by atoms with Crippen molar-refractivity contribution in [3.63, 3.8) is 0 Å². The van der Waals surface area contributed by atoms with Gasteiger partial charge in [0.15, 0.2) is 0 Å². The van der Waals surface area contributed by atoms with Gasteiger partial charge in [0.25, 0.3) is 0 Å². The molecule has 3 aromatic rings. The summed E-state index contributed by atoms with van der Waals surface area (Å²) in [5.41, 5.74) is 2.47. The average molecular weight is 402 g/mol. The van der Waals surface area contributed by atoms with Gasteiger partial charge in [-0.15, -0.1) is 0 Å². The highest BCUT2D eigenvalue weighted by atomic mass is 16.5. The SMILES string of the molecule is O[C@@](CCc1ccccc1)(c1ccccc1)[C@@H](CN1CCOCC1)c1ccccc1. The van der Waals surface area contributed by atoms with Crippen LogP contribution in [0.2, 0.25) is 0 Å². The van der Waals surface area contributed by atoms with Gasteiger partial charge in [0.05, 0.1) is 18.8 Å². The fraction of sp³-hybridized carbons (Fsp3) is 0.333. The third-order valence-corrected chi connectivity index (χ3v) is 6.23. The van der Waals surface area contributed by atoms with Crippen molar-refractivity contribution in [2.45, 2.75) is 24.4 Å². The fourth-order valence-electron chi connectivity index (χ4n) is 4.49. The predicted molar refractivity (Wildman–Crippen MR) is 122 cm³/mol. The zero-order valence-corrected chi connectivity index (χ0v) is 17.5. The number of ether oxygens (including phenoxy) is 1. The molecule has 30 heavy (non-hydrogen) atoms. The number of hydrogen-bond donors (Lipinski definition) is 1. The molecule has 1 aliphatic heterocycles. The molecule has 3 nitrogen and oxygen atoms in total. The second-order valence-electron chi connectivity index (χ2n) is 8.15. The summed E-state index contributed by atoms with van der Waals surface area (Å²) in [5.74, 6) is -0.0251. The molecule has 0 spiro atoms. The summed E-state index contributed by atoms with van der Waals surface area (Å²) in [6.07, 6.45) is 1.50. The van der Waals surface area contributed by atoms with Gasteiger partial charge in [0.2, 0.25) is 0 Å². The lowest BCUT2D eigenvalue weighted by molar-refractivity contribution is -0.0279. The van der Waals surface area contributed by atoms with Crippen LogP contribution in [0.4, 0.5) is 0 Å². The van der Waals surface area contributed by atoms with E-state index in [-0.39, 0.29) is 5.92 Å². The normalized spacial score (nSPS) is 17.9. The predicted octanol–water partition coefficient (Wildman–Crippen LogP) is 4.62. The molecule has 0 saturated carbocycles. The van der Waals surface area contributed by atoms with E-state index < -0.39 is 5.60 Å². The van der Waals surface area contributed by atoms with Crippen LogP contribution in [0.5, 0.6) is 0 Å². The first-order valence-electron chi connectivity index (χ1n) is 10.9. The number of aryl methyl sites for hydroxylation is 1. The van der Waals surface area contributed by atoms with Gasteiger partial charge in [-0.3, -0.25) is 4.90 Å². The van der Waals surface area contributed by atoms with Crippen molar-refractivity contribution in [2.24, 2.45) is 0 Å². The highest BCUT2D eigenvalue weighted by Gasteiger charge is 2.40. The maximum Gasteiger partial charge on any atom is 0.0980 e. The van der Waals surface area contributed by atoms with Gasteiger partial charge in [-0.1, -0.05) is 91.0 Å². The lowest BCUT2D eigenvalue weighted by Crippen LogP contribution is -2.45. The number of benzene rings is 3. The van der Waals surface area contributed by atoms with Gasteiger partial charge >= 0.3 is 0 Å². The Bertz CT molecular complexity index is 879. The molecule has 1 fully saturated rings. The third-order valence-electron chi connectivity index (χ3n) is 6.23. The van der Waals surface area contributed by atoms with Gasteiger partial charge in [-0.25, -0.2) is 0 Å². The molecule has 0 bridgehead atoms. The molecule has 1 saturated heterocycles. The van der Waals surface area contributed by atoms with Crippen LogP contribution in [0, 0.1) is 0 Å². The third kappa shape index (κ3) is 4.99. The zero-order chi connectivity index (χ0) is 20.7. The van der Waals surface area contributed by atoms with Crippen molar-refractivity contribution in [1.29, 1.82) is 0 Å². The van der Waals surface area contributed by atoms with Crippen LogP contribution in [0.25, 0.3) is 0 Å². The first-order valence-corrected chi connectivity index (χ1v) is 10.9. The Balaban J connectivity index is 1.70. The van der Waals surface area contributed by atoms with Crippen LogP contribution in [0.15, 0.2) is 91.0 Å². The van der Waals surface area contributed by atoms with E-state index in [1.165, 1.54) is 11.1 Å². The van der Waals surface area contributed by atoms with E-state index in [1.807, 2.05) is 30.3 Å². The maximum absolute atomic E-state index is 12.3. The molecule has 3 heteroatoms. The summed E-state index contributed by atoms with van der Waals surface area (Å²) < 4.78 is 5.56. The Morgan fingerprint density at radius 1 is 0.800 bits per heavy atom. The molecule has 2 atom stereocenters. The highest BCUT2D eigenvalue weighted by Crippen LogP contribution is 2.41. The largest absolute Gasteiger partial charge is 0.384 e. The minimum atomic E-state index is -0.962.